The second kappa shape index (κ2) is 9.08. The highest BCUT2D eigenvalue weighted by molar-refractivity contribution is 8.00. The second-order valence-corrected chi connectivity index (χ2v) is 6.66. The van der Waals surface area contributed by atoms with Crippen LogP contribution in [0.1, 0.15) is 24.2 Å². The van der Waals surface area contributed by atoms with Crippen molar-refractivity contribution in [1.82, 2.24) is 9.97 Å². The molecule has 2 aromatic rings. The standard InChI is InChI=1S/C17H20N4O5S/c1-4-26-16(24)9(2)27-17-20-13(18)12(15(23)21-17)19-14(22)10-5-7-11(25-3)8-6-10/h5-9H,4H2,1-3H3,(H,19,22)(H3,18,20,21,23)/t9-/m1/s1. The van der Waals surface area contributed by atoms with E-state index in [1.54, 1.807) is 38.1 Å². The number of carbonyl (C=O) groups excluding carboxylic acids is 2. The topological polar surface area (TPSA) is 136 Å². The van der Waals surface area contributed by atoms with Gasteiger partial charge in [0.05, 0.1) is 13.7 Å². The average Bonchev–Trinajstić information content (AvgIpc) is 2.64. The highest BCUT2D eigenvalue weighted by Crippen LogP contribution is 2.22. The smallest absolute Gasteiger partial charge is 0.319 e. The summed E-state index contributed by atoms with van der Waals surface area (Å²) in [6.45, 7) is 3.58. The molecule has 144 valence electrons. The zero-order chi connectivity index (χ0) is 20.0. The molecule has 2 rings (SSSR count). The van der Waals surface area contributed by atoms with Crippen molar-refractivity contribution >= 4 is 35.1 Å². The van der Waals surface area contributed by atoms with E-state index in [1.165, 1.54) is 7.11 Å². The fourth-order valence-corrected chi connectivity index (χ4v) is 2.85. The number of ether oxygens (including phenoxy) is 2. The van der Waals surface area contributed by atoms with Gasteiger partial charge in [-0.05, 0) is 38.1 Å². The molecular formula is C17H20N4O5S. The molecule has 0 spiro atoms. The van der Waals surface area contributed by atoms with Gasteiger partial charge in [0.15, 0.2) is 11.0 Å². The predicted octanol–water partition coefficient (Wildman–Crippen LogP) is 1.66. The highest BCUT2D eigenvalue weighted by Gasteiger charge is 2.19. The molecule has 1 amide bonds. The minimum absolute atomic E-state index is 0.153. The monoisotopic (exact) mass is 392 g/mol. The molecule has 0 aliphatic rings. The van der Waals surface area contributed by atoms with Gasteiger partial charge in [-0.15, -0.1) is 0 Å². The number of H-pyrrole nitrogens is 1. The number of nitrogens with one attached hydrogen (secondary N) is 2. The van der Waals surface area contributed by atoms with Gasteiger partial charge in [-0.2, -0.15) is 0 Å². The molecule has 0 saturated heterocycles. The van der Waals surface area contributed by atoms with Gasteiger partial charge in [0.2, 0.25) is 0 Å². The minimum atomic E-state index is -0.622. The predicted molar refractivity (Wildman–Crippen MR) is 102 cm³/mol. The number of anilines is 2. The normalized spacial score (nSPS) is 11.5. The first-order valence-electron chi connectivity index (χ1n) is 8.04. The van der Waals surface area contributed by atoms with Crippen molar-refractivity contribution < 1.29 is 19.1 Å². The van der Waals surface area contributed by atoms with Crippen molar-refractivity contribution in [2.75, 3.05) is 24.8 Å². The van der Waals surface area contributed by atoms with Gasteiger partial charge in [0.1, 0.15) is 16.7 Å². The van der Waals surface area contributed by atoms with E-state index >= 15 is 0 Å². The van der Waals surface area contributed by atoms with Gasteiger partial charge in [-0.1, -0.05) is 11.8 Å². The molecule has 1 heterocycles. The van der Waals surface area contributed by atoms with E-state index in [-0.39, 0.29) is 23.3 Å². The van der Waals surface area contributed by atoms with Crippen LogP contribution in [0.15, 0.2) is 34.2 Å². The molecule has 27 heavy (non-hydrogen) atoms. The van der Waals surface area contributed by atoms with E-state index in [0.29, 0.717) is 11.3 Å². The molecule has 4 N–H and O–H groups in total. The second-order valence-electron chi connectivity index (χ2n) is 5.33. The summed E-state index contributed by atoms with van der Waals surface area (Å²) in [5.74, 6) is -0.501. The summed E-state index contributed by atoms with van der Waals surface area (Å²) < 4.78 is 9.93. The Balaban J connectivity index is 2.15. The number of hydrogen-bond acceptors (Lipinski definition) is 8. The first-order chi connectivity index (χ1) is 12.8. The summed E-state index contributed by atoms with van der Waals surface area (Å²) in [6.07, 6.45) is 0. The number of benzene rings is 1. The van der Waals surface area contributed by atoms with E-state index in [9.17, 15) is 14.4 Å². The SMILES string of the molecule is CCOC(=O)[C@@H](C)Sc1nc(N)c(NC(=O)c2ccc(OC)cc2)c(=O)[nH]1. The number of rotatable bonds is 7. The number of methoxy groups -OCH3 is 1. The van der Waals surface area contributed by atoms with Crippen LogP contribution in [0.4, 0.5) is 11.5 Å². The van der Waals surface area contributed by atoms with Crippen LogP contribution in [-0.4, -0.2) is 40.8 Å². The maximum atomic E-state index is 12.3. The molecule has 0 unspecified atom stereocenters. The Hall–Kier alpha value is -3.01. The first kappa shape index (κ1) is 20.3. The lowest BCUT2D eigenvalue weighted by molar-refractivity contribution is -0.142. The average molecular weight is 392 g/mol. The van der Waals surface area contributed by atoms with Gasteiger partial charge < -0.3 is 20.5 Å². The van der Waals surface area contributed by atoms with Crippen molar-refractivity contribution in [2.24, 2.45) is 0 Å². The van der Waals surface area contributed by atoms with E-state index in [2.05, 4.69) is 15.3 Å². The molecule has 0 saturated carbocycles. The molecular weight excluding hydrogens is 372 g/mol. The van der Waals surface area contributed by atoms with Crippen molar-refractivity contribution in [2.45, 2.75) is 24.3 Å². The van der Waals surface area contributed by atoms with Crippen LogP contribution in [-0.2, 0) is 9.53 Å². The lowest BCUT2D eigenvalue weighted by atomic mass is 10.2. The Bertz CT molecular complexity index is 882. The zero-order valence-electron chi connectivity index (χ0n) is 15.1. The number of esters is 1. The van der Waals surface area contributed by atoms with Crippen LogP contribution in [0.25, 0.3) is 0 Å². The van der Waals surface area contributed by atoms with Gasteiger partial charge in [0, 0.05) is 5.56 Å². The van der Waals surface area contributed by atoms with Crippen LogP contribution in [0, 0.1) is 0 Å². The first-order valence-corrected chi connectivity index (χ1v) is 8.92. The van der Waals surface area contributed by atoms with Crippen LogP contribution >= 0.6 is 11.8 Å². The number of aromatic amines is 1. The number of thioether (sulfide) groups is 1. The van der Waals surface area contributed by atoms with Crippen molar-refractivity contribution in [1.29, 1.82) is 0 Å². The third-order valence-electron chi connectivity index (χ3n) is 3.42. The van der Waals surface area contributed by atoms with Crippen LogP contribution < -0.4 is 21.3 Å². The number of nitrogens with zero attached hydrogens (tertiary/aromatic N) is 1. The largest absolute Gasteiger partial charge is 0.497 e. The lowest BCUT2D eigenvalue weighted by Gasteiger charge is -2.11. The fourth-order valence-electron chi connectivity index (χ4n) is 2.05. The molecule has 0 fully saturated rings. The van der Waals surface area contributed by atoms with Gasteiger partial charge in [0.25, 0.3) is 11.5 Å². The molecule has 1 atom stereocenters. The number of carbonyl (C=O) groups is 2. The summed E-state index contributed by atoms with van der Waals surface area (Å²) in [6, 6.07) is 6.35. The van der Waals surface area contributed by atoms with Crippen molar-refractivity contribution in [3.63, 3.8) is 0 Å². The molecule has 0 aliphatic carbocycles. The van der Waals surface area contributed by atoms with E-state index < -0.39 is 22.7 Å². The van der Waals surface area contributed by atoms with Gasteiger partial charge in [-0.3, -0.25) is 19.4 Å². The van der Waals surface area contributed by atoms with E-state index in [1.807, 2.05) is 0 Å². The summed E-state index contributed by atoms with van der Waals surface area (Å²) in [5, 5.41) is 2.02. The maximum Gasteiger partial charge on any atom is 0.319 e. The van der Waals surface area contributed by atoms with Gasteiger partial charge >= 0.3 is 5.97 Å². The van der Waals surface area contributed by atoms with Gasteiger partial charge in [-0.25, -0.2) is 4.98 Å². The fraction of sp³-hybridized carbons (Fsp3) is 0.294. The lowest BCUT2D eigenvalue weighted by Crippen LogP contribution is -2.24. The summed E-state index contributed by atoms with van der Waals surface area (Å²) in [4.78, 5) is 42.8. The van der Waals surface area contributed by atoms with Crippen LogP contribution in [0.5, 0.6) is 5.75 Å². The highest BCUT2D eigenvalue weighted by atomic mass is 32.2. The molecule has 10 heteroatoms. The molecule has 0 radical (unpaired) electrons. The Morgan fingerprint density at radius 2 is 2.00 bits per heavy atom. The Kier molecular flexibility index (Phi) is 6.83. The Morgan fingerprint density at radius 1 is 1.33 bits per heavy atom. The molecule has 9 nitrogen and oxygen atoms in total. The quantitative estimate of drug-likeness (QED) is 0.368. The van der Waals surface area contributed by atoms with Crippen LogP contribution in [0.3, 0.4) is 0 Å². The number of nitrogens with two attached hydrogens (primary N) is 1. The molecule has 0 aliphatic heterocycles. The minimum Gasteiger partial charge on any atom is -0.497 e. The summed E-state index contributed by atoms with van der Waals surface area (Å²) in [5.41, 5.74) is 5.35. The third-order valence-corrected chi connectivity index (χ3v) is 4.39. The molecule has 0 bridgehead atoms. The summed E-state index contributed by atoms with van der Waals surface area (Å²) >= 11 is 1.00. The number of hydrogen-bond donors (Lipinski definition) is 3. The molecule has 1 aromatic heterocycles. The van der Waals surface area contributed by atoms with E-state index in [4.69, 9.17) is 15.2 Å². The van der Waals surface area contributed by atoms with E-state index in [0.717, 1.165) is 11.8 Å². The Morgan fingerprint density at radius 3 is 2.56 bits per heavy atom. The molecule has 1 aromatic carbocycles. The third kappa shape index (κ3) is 5.23. The zero-order valence-corrected chi connectivity index (χ0v) is 15.9. The number of aromatic nitrogens is 2. The van der Waals surface area contributed by atoms with Crippen molar-refractivity contribution in [3.8, 4) is 5.75 Å². The summed E-state index contributed by atoms with van der Waals surface area (Å²) in [7, 11) is 1.52. The van der Waals surface area contributed by atoms with Crippen molar-refractivity contribution in [3.05, 3.63) is 40.2 Å². The maximum absolute atomic E-state index is 12.3. The number of amides is 1. The number of nitrogen functional groups attached to an aromatic ring is 1. The van der Waals surface area contributed by atoms with Crippen LogP contribution in [0.2, 0.25) is 0 Å². The Labute approximate surface area is 159 Å².